The van der Waals surface area contributed by atoms with Gasteiger partial charge in [0, 0.05) is 18.8 Å². The molecule has 5 nitrogen and oxygen atoms in total. The zero-order valence-corrected chi connectivity index (χ0v) is 12.9. The van der Waals surface area contributed by atoms with Crippen molar-refractivity contribution in [2.45, 2.75) is 33.1 Å². The molecule has 1 aromatic rings. The number of aromatic carboxylic acids is 1. The van der Waals surface area contributed by atoms with Crippen molar-refractivity contribution in [1.82, 2.24) is 9.88 Å². The lowest BCUT2D eigenvalue weighted by Gasteiger charge is -2.20. The summed E-state index contributed by atoms with van der Waals surface area (Å²) in [5.74, 6) is 0.281. The van der Waals surface area contributed by atoms with Gasteiger partial charge in [0.25, 0.3) is 0 Å². The molecule has 0 radical (unpaired) electrons. The largest absolute Gasteiger partial charge is 0.478 e. The fourth-order valence-corrected chi connectivity index (χ4v) is 2.73. The van der Waals surface area contributed by atoms with Crippen LogP contribution < -0.4 is 5.32 Å². The van der Waals surface area contributed by atoms with E-state index in [1.807, 2.05) is 6.92 Å². The number of carbonyl (C=O) groups is 1. The van der Waals surface area contributed by atoms with E-state index < -0.39 is 5.97 Å². The van der Waals surface area contributed by atoms with E-state index in [4.69, 9.17) is 5.11 Å². The van der Waals surface area contributed by atoms with Crippen LogP contribution in [0.3, 0.4) is 0 Å². The van der Waals surface area contributed by atoms with Gasteiger partial charge in [-0.25, -0.2) is 9.78 Å². The molecule has 1 unspecified atom stereocenters. The number of carboxylic acid groups (broad SMARTS) is 1. The molecule has 0 amide bonds. The van der Waals surface area contributed by atoms with Gasteiger partial charge < -0.3 is 15.3 Å². The summed E-state index contributed by atoms with van der Waals surface area (Å²) in [6.07, 6.45) is 3.35. The first kappa shape index (κ1) is 15.8. The van der Waals surface area contributed by atoms with E-state index in [-0.39, 0.29) is 0 Å². The van der Waals surface area contributed by atoms with Crippen LogP contribution in [0.2, 0.25) is 0 Å². The lowest BCUT2D eigenvalue weighted by Crippen LogP contribution is -2.29. The summed E-state index contributed by atoms with van der Waals surface area (Å²) in [6.45, 7) is 8.51. The highest BCUT2D eigenvalue weighted by molar-refractivity contribution is 5.88. The monoisotopic (exact) mass is 291 g/mol. The van der Waals surface area contributed by atoms with Gasteiger partial charge in [-0.1, -0.05) is 13.8 Å². The van der Waals surface area contributed by atoms with E-state index in [2.05, 4.69) is 22.1 Å². The molecule has 1 aliphatic heterocycles. The zero-order chi connectivity index (χ0) is 15.2. The molecule has 2 heterocycles. The van der Waals surface area contributed by atoms with Gasteiger partial charge in [0.2, 0.25) is 0 Å². The van der Waals surface area contributed by atoms with Crippen LogP contribution in [-0.2, 0) is 6.42 Å². The second-order valence-electron chi connectivity index (χ2n) is 5.88. The van der Waals surface area contributed by atoms with E-state index in [9.17, 15) is 4.79 Å². The summed E-state index contributed by atoms with van der Waals surface area (Å²) >= 11 is 0. The predicted molar refractivity (Wildman–Crippen MR) is 83.9 cm³/mol. The van der Waals surface area contributed by atoms with Gasteiger partial charge >= 0.3 is 5.97 Å². The summed E-state index contributed by atoms with van der Waals surface area (Å²) in [5, 5.41) is 12.4. The molecule has 1 aromatic heterocycles. The molecule has 0 spiro atoms. The number of likely N-dealkylation sites (tertiary alicyclic amines) is 1. The molecule has 1 saturated heterocycles. The molecule has 1 atom stereocenters. The van der Waals surface area contributed by atoms with Crippen molar-refractivity contribution in [3.05, 3.63) is 23.4 Å². The Kier molecular flexibility index (Phi) is 5.56. The quantitative estimate of drug-likeness (QED) is 0.808. The highest BCUT2D eigenvalue weighted by Gasteiger charge is 2.15. The summed E-state index contributed by atoms with van der Waals surface area (Å²) in [4.78, 5) is 18.1. The molecule has 21 heavy (non-hydrogen) atoms. The predicted octanol–water partition coefficient (Wildman–Crippen LogP) is 2.49. The Labute approximate surface area is 126 Å². The van der Waals surface area contributed by atoms with Crippen LogP contribution in [0.15, 0.2) is 12.1 Å². The first-order valence-corrected chi connectivity index (χ1v) is 7.79. The molecule has 2 rings (SSSR count). The Hall–Kier alpha value is -1.62. The van der Waals surface area contributed by atoms with E-state index in [0.717, 1.165) is 25.2 Å². The van der Waals surface area contributed by atoms with Crippen LogP contribution >= 0.6 is 0 Å². The number of rotatable bonds is 7. The maximum atomic E-state index is 11.1. The second kappa shape index (κ2) is 7.41. The first-order valence-electron chi connectivity index (χ1n) is 7.79. The average molecular weight is 291 g/mol. The molecule has 1 fully saturated rings. The number of pyridine rings is 1. The Morgan fingerprint density at radius 1 is 1.43 bits per heavy atom. The van der Waals surface area contributed by atoms with Crippen LogP contribution in [0.5, 0.6) is 0 Å². The van der Waals surface area contributed by atoms with Crippen LogP contribution in [0, 0.1) is 5.92 Å². The molecular weight excluding hydrogens is 266 g/mol. The Morgan fingerprint density at radius 2 is 2.14 bits per heavy atom. The highest BCUT2D eigenvalue weighted by atomic mass is 16.4. The zero-order valence-electron chi connectivity index (χ0n) is 12.9. The smallest absolute Gasteiger partial charge is 0.335 e. The van der Waals surface area contributed by atoms with Gasteiger partial charge in [0.05, 0.1) is 5.56 Å². The van der Waals surface area contributed by atoms with E-state index in [0.29, 0.717) is 17.3 Å². The normalized spacial score (nSPS) is 16.9. The summed E-state index contributed by atoms with van der Waals surface area (Å²) in [7, 11) is 0. The van der Waals surface area contributed by atoms with Crippen LogP contribution in [0.1, 0.15) is 42.7 Å². The van der Waals surface area contributed by atoms with E-state index in [1.165, 1.54) is 25.9 Å². The van der Waals surface area contributed by atoms with E-state index >= 15 is 0 Å². The van der Waals surface area contributed by atoms with Crippen molar-refractivity contribution in [2.75, 3.05) is 31.5 Å². The maximum absolute atomic E-state index is 11.1. The molecule has 0 bridgehead atoms. The van der Waals surface area contributed by atoms with Crippen molar-refractivity contribution in [2.24, 2.45) is 5.92 Å². The van der Waals surface area contributed by atoms with Gasteiger partial charge in [-0.3, -0.25) is 0 Å². The minimum atomic E-state index is -0.903. The summed E-state index contributed by atoms with van der Waals surface area (Å²) in [6, 6.07) is 3.26. The first-order chi connectivity index (χ1) is 10.1. The molecule has 0 saturated carbocycles. The topological polar surface area (TPSA) is 65.5 Å². The third kappa shape index (κ3) is 4.70. The molecule has 116 valence electrons. The fourth-order valence-electron chi connectivity index (χ4n) is 2.73. The lowest BCUT2D eigenvalue weighted by atomic mass is 10.1. The fraction of sp³-hybridized carbons (Fsp3) is 0.625. The Morgan fingerprint density at radius 3 is 2.76 bits per heavy atom. The molecule has 0 aromatic carbocycles. The standard InChI is InChI=1S/C16H25N3O2/c1-3-14-8-13(16(20)21)9-15(18-14)17-10-12(2)11-19-6-4-5-7-19/h8-9,12H,3-7,10-11H2,1-2H3,(H,17,18)(H,20,21). The minimum absolute atomic E-state index is 0.302. The summed E-state index contributed by atoms with van der Waals surface area (Å²) < 4.78 is 0. The minimum Gasteiger partial charge on any atom is -0.478 e. The van der Waals surface area contributed by atoms with Crippen LogP contribution in [0.4, 0.5) is 5.82 Å². The van der Waals surface area contributed by atoms with Crippen molar-refractivity contribution in [3.8, 4) is 0 Å². The van der Waals surface area contributed by atoms with Gasteiger partial charge in [0.1, 0.15) is 5.82 Å². The molecule has 5 heteroatoms. The highest BCUT2D eigenvalue weighted by Crippen LogP contribution is 2.14. The Balaban J connectivity index is 1.92. The number of nitrogens with zero attached hydrogens (tertiary/aromatic N) is 2. The third-order valence-electron chi connectivity index (χ3n) is 3.89. The number of aromatic nitrogens is 1. The molecule has 1 aliphatic rings. The van der Waals surface area contributed by atoms with E-state index in [1.54, 1.807) is 12.1 Å². The van der Waals surface area contributed by atoms with Gasteiger partial charge in [-0.05, 0) is 50.4 Å². The van der Waals surface area contributed by atoms with Crippen molar-refractivity contribution in [3.63, 3.8) is 0 Å². The SMILES string of the molecule is CCc1cc(C(=O)O)cc(NCC(C)CN2CCCC2)n1. The number of carboxylic acids is 1. The van der Waals surface area contributed by atoms with Crippen molar-refractivity contribution in [1.29, 1.82) is 0 Å². The molecule has 0 aliphatic carbocycles. The summed E-state index contributed by atoms with van der Waals surface area (Å²) in [5.41, 5.74) is 1.11. The number of anilines is 1. The van der Waals surface area contributed by atoms with Crippen LogP contribution in [-0.4, -0.2) is 47.1 Å². The lowest BCUT2D eigenvalue weighted by molar-refractivity contribution is 0.0696. The van der Waals surface area contributed by atoms with Crippen LogP contribution in [0.25, 0.3) is 0 Å². The number of nitrogens with one attached hydrogen (secondary N) is 1. The average Bonchev–Trinajstić information content (AvgIpc) is 2.97. The number of hydrogen-bond acceptors (Lipinski definition) is 4. The van der Waals surface area contributed by atoms with Gasteiger partial charge in [-0.2, -0.15) is 0 Å². The number of aryl methyl sites for hydroxylation is 1. The van der Waals surface area contributed by atoms with Gasteiger partial charge in [-0.15, -0.1) is 0 Å². The van der Waals surface area contributed by atoms with Gasteiger partial charge in [0.15, 0.2) is 0 Å². The second-order valence-corrected chi connectivity index (χ2v) is 5.88. The molecular formula is C16H25N3O2. The third-order valence-corrected chi connectivity index (χ3v) is 3.89. The Bertz CT molecular complexity index is 484. The maximum Gasteiger partial charge on any atom is 0.335 e. The number of hydrogen-bond donors (Lipinski definition) is 2. The van der Waals surface area contributed by atoms with Crippen molar-refractivity contribution < 1.29 is 9.90 Å². The van der Waals surface area contributed by atoms with Crippen molar-refractivity contribution >= 4 is 11.8 Å². The molecule has 2 N–H and O–H groups in total.